The fraction of sp³-hybridized carbons (Fsp3) is 0. The molecule has 278 valence electrons. The number of benzene rings is 10. The van der Waals surface area contributed by atoms with Crippen molar-refractivity contribution >= 4 is 86.8 Å². The third-order valence-corrected chi connectivity index (χ3v) is 12.2. The second-order valence-corrected chi connectivity index (χ2v) is 15.6. The summed E-state index contributed by atoms with van der Waals surface area (Å²) >= 11 is 0. The van der Waals surface area contributed by atoms with E-state index < -0.39 is 0 Å². The van der Waals surface area contributed by atoms with Crippen LogP contribution in [0.4, 0.5) is 0 Å². The van der Waals surface area contributed by atoms with Crippen LogP contribution in [0, 0.1) is 0 Å². The summed E-state index contributed by atoms with van der Waals surface area (Å²) in [6.07, 6.45) is 0. The van der Waals surface area contributed by atoms with Crippen LogP contribution in [0.5, 0.6) is 0 Å². The lowest BCUT2D eigenvalue weighted by atomic mass is 9.97. The van der Waals surface area contributed by atoms with Crippen LogP contribution in [-0.4, -0.2) is 19.5 Å². The Kier molecular flexibility index (Phi) is 6.95. The van der Waals surface area contributed by atoms with Gasteiger partial charge in [-0.25, -0.2) is 4.98 Å². The first-order valence-corrected chi connectivity index (χ1v) is 20.3. The molecule has 5 heteroatoms. The molecule has 0 unspecified atom stereocenters. The molecule has 3 heterocycles. The summed E-state index contributed by atoms with van der Waals surface area (Å²) in [6, 6.07) is 68.7. The van der Waals surface area contributed by atoms with Gasteiger partial charge >= 0.3 is 0 Å². The fourth-order valence-electron chi connectivity index (χ4n) is 9.32. The minimum absolute atomic E-state index is 0.555. The summed E-state index contributed by atoms with van der Waals surface area (Å²) in [5.41, 5.74) is 7.80. The number of hydrogen-bond acceptors (Lipinski definition) is 4. The van der Waals surface area contributed by atoms with Crippen molar-refractivity contribution in [2.75, 3.05) is 0 Å². The van der Waals surface area contributed by atoms with Crippen LogP contribution in [0.2, 0.25) is 0 Å². The zero-order valence-electron chi connectivity index (χ0n) is 32.2. The van der Waals surface area contributed by atoms with Gasteiger partial charge < -0.3 is 4.42 Å². The number of nitrogens with zero attached hydrogens (tertiary/aromatic N) is 4. The highest BCUT2D eigenvalue weighted by Crippen LogP contribution is 2.40. The van der Waals surface area contributed by atoms with E-state index in [-0.39, 0.29) is 0 Å². The Morgan fingerprint density at radius 3 is 1.70 bits per heavy atom. The van der Waals surface area contributed by atoms with E-state index in [0.29, 0.717) is 17.6 Å². The molecule has 3 aromatic heterocycles. The Morgan fingerprint density at radius 1 is 0.333 bits per heavy atom. The Hall–Kier alpha value is -8.15. The molecule has 13 rings (SSSR count). The van der Waals surface area contributed by atoms with Crippen LogP contribution in [0.25, 0.3) is 127 Å². The van der Waals surface area contributed by atoms with Gasteiger partial charge in [0.25, 0.3) is 0 Å². The normalized spacial score (nSPS) is 12.0. The van der Waals surface area contributed by atoms with Crippen molar-refractivity contribution in [3.8, 4) is 39.9 Å². The van der Waals surface area contributed by atoms with Crippen molar-refractivity contribution in [3.63, 3.8) is 0 Å². The summed E-state index contributed by atoms with van der Waals surface area (Å²) in [4.78, 5) is 16.1. The molecule has 0 N–H and O–H groups in total. The summed E-state index contributed by atoms with van der Waals surface area (Å²) in [7, 11) is 0. The molecule has 13 aromatic rings. The van der Waals surface area contributed by atoms with Gasteiger partial charge in [0, 0.05) is 32.7 Å². The van der Waals surface area contributed by atoms with Gasteiger partial charge in [0.2, 0.25) is 5.95 Å². The SMILES string of the molecule is c1cc(-c2nc(-c3ccc4oc5cc6ccccc6cc5c4c3)nc(-n3c4cc5ccccc5cc4c4c5ccccc5ccc43)n2)cc(-c2cccc3ccccc23)c1. The van der Waals surface area contributed by atoms with Gasteiger partial charge in [-0.05, 0) is 109 Å². The van der Waals surface area contributed by atoms with E-state index in [1.165, 1.54) is 37.7 Å². The Morgan fingerprint density at radius 2 is 0.917 bits per heavy atom. The first-order chi connectivity index (χ1) is 29.7. The van der Waals surface area contributed by atoms with E-state index in [1.54, 1.807) is 0 Å². The third-order valence-electron chi connectivity index (χ3n) is 12.2. The zero-order valence-corrected chi connectivity index (χ0v) is 32.2. The van der Waals surface area contributed by atoms with E-state index in [0.717, 1.165) is 71.4 Å². The van der Waals surface area contributed by atoms with E-state index in [4.69, 9.17) is 19.4 Å². The van der Waals surface area contributed by atoms with Crippen LogP contribution in [0.3, 0.4) is 0 Å². The van der Waals surface area contributed by atoms with E-state index in [2.05, 4.69) is 193 Å². The molecule has 0 aliphatic rings. The Labute approximate surface area is 343 Å². The van der Waals surface area contributed by atoms with Crippen molar-refractivity contribution in [1.82, 2.24) is 19.5 Å². The average Bonchev–Trinajstić information content (AvgIpc) is 3.83. The molecule has 0 aliphatic carbocycles. The van der Waals surface area contributed by atoms with E-state index >= 15 is 0 Å². The highest BCUT2D eigenvalue weighted by atomic mass is 16.3. The lowest BCUT2D eigenvalue weighted by Crippen LogP contribution is -2.06. The Bertz CT molecular complexity index is 3910. The van der Waals surface area contributed by atoms with Crippen molar-refractivity contribution < 1.29 is 4.42 Å². The van der Waals surface area contributed by atoms with Gasteiger partial charge in [-0.1, -0.05) is 140 Å². The summed E-state index contributed by atoms with van der Waals surface area (Å²) < 4.78 is 8.65. The quantitative estimate of drug-likeness (QED) is 0.179. The highest BCUT2D eigenvalue weighted by molar-refractivity contribution is 6.23. The van der Waals surface area contributed by atoms with Crippen molar-refractivity contribution in [2.24, 2.45) is 0 Å². The molecule has 0 spiro atoms. The number of aromatic nitrogens is 4. The van der Waals surface area contributed by atoms with Gasteiger partial charge in [-0.2, -0.15) is 9.97 Å². The second kappa shape index (κ2) is 12.7. The Balaban J connectivity index is 1.09. The number of hydrogen-bond donors (Lipinski definition) is 0. The van der Waals surface area contributed by atoms with Gasteiger partial charge in [-0.15, -0.1) is 0 Å². The van der Waals surface area contributed by atoms with Gasteiger partial charge in [0.1, 0.15) is 11.2 Å². The molecule has 0 aliphatic heterocycles. The number of rotatable bonds is 4. The van der Waals surface area contributed by atoms with E-state index in [1.807, 2.05) is 6.07 Å². The number of furan rings is 1. The topological polar surface area (TPSA) is 56.7 Å². The first kappa shape index (κ1) is 32.9. The van der Waals surface area contributed by atoms with E-state index in [9.17, 15) is 0 Å². The second-order valence-electron chi connectivity index (χ2n) is 15.6. The minimum atomic E-state index is 0.555. The van der Waals surface area contributed by atoms with Crippen LogP contribution in [0.15, 0.2) is 199 Å². The minimum Gasteiger partial charge on any atom is -0.456 e. The molecule has 0 atom stereocenters. The van der Waals surface area contributed by atoms with Crippen molar-refractivity contribution in [1.29, 1.82) is 0 Å². The molecule has 0 saturated heterocycles. The fourth-order valence-corrected chi connectivity index (χ4v) is 9.32. The summed E-state index contributed by atoms with van der Waals surface area (Å²) in [5.74, 6) is 1.73. The first-order valence-electron chi connectivity index (χ1n) is 20.3. The molecule has 0 fully saturated rings. The molecule has 5 nitrogen and oxygen atoms in total. The molecule has 0 amide bonds. The zero-order chi connectivity index (χ0) is 39.3. The van der Waals surface area contributed by atoms with Crippen LogP contribution in [-0.2, 0) is 0 Å². The summed E-state index contributed by atoms with van der Waals surface area (Å²) in [6.45, 7) is 0. The molecular weight excluding hydrogens is 733 g/mol. The third kappa shape index (κ3) is 5.03. The molecule has 10 aromatic carbocycles. The molecule has 0 radical (unpaired) electrons. The number of fused-ring (bicyclic) bond motifs is 11. The van der Waals surface area contributed by atoms with Crippen LogP contribution >= 0.6 is 0 Å². The molecule has 0 bridgehead atoms. The predicted molar refractivity (Wildman–Crippen MR) is 248 cm³/mol. The maximum absolute atomic E-state index is 6.42. The van der Waals surface area contributed by atoms with Crippen molar-refractivity contribution in [2.45, 2.75) is 0 Å². The van der Waals surface area contributed by atoms with Gasteiger partial charge in [-0.3, -0.25) is 4.57 Å². The molecule has 60 heavy (non-hydrogen) atoms. The maximum atomic E-state index is 6.42. The highest BCUT2D eigenvalue weighted by Gasteiger charge is 2.21. The lowest BCUT2D eigenvalue weighted by molar-refractivity contribution is 0.669. The standard InChI is InChI=1S/C55H32N4O/c1-3-15-37-31-49-47(29-36(37)14-1)52-44-21-8-6-12-34(44)23-25-48(52)59(49)55-57-53(40-19-9-18-39(27-40)43-22-10-17-33-11-5-7-20-42(33)43)56-54(58-55)41-24-26-50-45(30-41)46-28-35-13-2-4-16-38(35)32-51(46)60-50/h1-32H. The lowest BCUT2D eigenvalue weighted by Gasteiger charge is -2.12. The van der Waals surface area contributed by atoms with Gasteiger partial charge in [0.15, 0.2) is 11.6 Å². The smallest absolute Gasteiger partial charge is 0.238 e. The molecular formula is C55H32N4O. The largest absolute Gasteiger partial charge is 0.456 e. The van der Waals surface area contributed by atoms with Crippen molar-refractivity contribution in [3.05, 3.63) is 194 Å². The maximum Gasteiger partial charge on any atom is 0.238 e. The van der Waals surface area contributed by atoms with Gasteiger partial charge in [0.05, 0.1) is 11.0 Å². The predicted octanol–water partition coefficient (Wildman–Crippen LogP) is 14.5. The summed E-state index contributed by atoms with van der Waals surface area (Å²) in [5, 5.41) is 13.8. The monoisotopic (exact) mass is 764 g/mol. The average molecular weight is 765 g/mol. The van der Waals surface area contributed by atoms with Crippen LogP contribution in [0.1, 0.15) is 0 Å². The van der Waals surface area contributed by atoms with Crippen LogP contribution < -0.4 is 0 Å². The molecule has 0 saturated carbocycles.